The molecule has 0 aliphatic carbocycles. The normalized spacial score (nSPS) is 11.9. The van der Waals surface area contributed by atoms with Gasteiger partial charge in [0, 0.05) is 29.8 Å². The fourth-order valence-electron chi connectivity index (χ4n) is 4.82. The number of anilines is 1. The number of rotatable bonds is 12. The number of hydrogen-bond donors (Lipinski definition) is 4. The van der Waals surface area contributed by atoms with Crippen LogP contribution < -0.4 is 26.1 Å². The highest BCUT2D eigenvalue weighted by atomic mass is 16.5. The number of carbonyl (C=O) groups is 4. The zero-order chi connectivity index (χ0) is 37.9. The second-order valence-electron chi connectivity index (χ2n) is 11.2. The van der Waals surface area contributed by atoms with Crippen LogP contribution in [0, 0.1) is 6.92 Å². The van der Waals surface area contributed by atoms with Gasteiger partial charge in [0.05, 0.1) is 36.7 Å². The molecule has 5 rings (SSSR count). The lowest BCUT2D eigenvalue weighted by molar-refractivity contribution is -0.150. The third kappa shape index (κ3) is 9.66. The average Bonchev–Trinajstić information content (AvgIpc) is 3.36. The van der Waals surface area contributed by atoms with Gasteiger partial charge in [0.1, 0.15) is 40.8 Å². The molecule has 3 heterocycles. The molecule has 270 valence electrons. The Morgan fingerprint density at radius 2 is 1.62 bits per heavy atom. The molecule has 0 saturated carbocycles. The SMILES string of the molecule is COc1ccc2c(Oc3ccc(NC(=O)c4c(C)n(CC(C)OC(=O)C(C)N)n(-c5ccccc5)c4=O)nc3)ccnc2c1.O=C(O)C=CC(=O)O. The van der Waals surface area contributed by atoms with Crippen LogP contribution in [0.25, 0.3) is 16.6 Å². The molecule has 3 aromatic heterocycles. The van der Waals surface area contributed by atoms with Gasteiger partial charge in [0.25, 0.3) is 11.5 Å². The topological polar surface area (TPSA) is 227 Å². The molecule has 2 aromatic carbocycles. The fraction of sp³-hybridized carbons (Fsp3) is 0.194. The van der Waals surface area contributed by atoms with E-state index in [1.165, 1.54) is 17.8 Å². The van der Waals surface area contributed by atoms with Crippen LogP contribution in [0.5, 0.6) is 17.2 Å². The number of methoxy groups -OCH3 is 1. The highest BCUT2D eigenvalue weighted by Crippen LogP contribution is 2.31. The van der Waals surface area contributed by atoms with Crippen LogP contribution in [0.15, 0.2) is 96.1 Å². The molecule has 0 aliphatic heterocycles. The number of aromatic nitrogens is 4. The van der Waals surface area contributed by atoms with Crippen molar-refractivity contribution in [2.75, 3.05) is 12.4 Å². The van der Waals surface area contributed by atoms with Gasteiger partial charge in [-0.3, -0.25) is 24.0 Å². The maximum atomic E-state index is 13.7. The monoisotopic (exact) mass is 712 g/mol. The van der Waals surface area contributed by atoms with Crippen LogP contribution in [-0.4, -0.2) is 72.6 Å². The first-order chi connectivity index (χ1) is 24.8. The van der Waals surface area contributed by atoms with Gasteiger partial charge in [-0.05, 0) is 63.2 Å². The van der Waals surface area contributed by atoms with Crippen molar-refractivity contribution in [2.24, 2.45) is 5.73 Å². The number of esters is 1. The molecule has 52 heavy (non-hydrogen) atoms. The average molecular weight is 713 g/mol. The zero-order valence-electron chi connectivity index (χ0n) is 28.5. The quantitative estimate of drug-likeness (QED) is 0.106. The number of carbonyl (C=O) groups excluding carboxylic acids is 2. The van der Waals surface area contributed by atoms with Crippen molar-refractivity contribution in [3.63, 3.8) is 0 Å². The Morgan fingerprint density at radius 3 is 2.21 bits per heavy atom. The first-order valence-corrected chi connectivity index (χ1v) is 15.6. The van der Waals surface area contributed by atoms with Crippen molar-refractivity contribution in [2.45, 2.75) is 39.5 Å². The van der Waals surface area contributed by atoms with Crippen molar-refractivity contribution in [1.82, 2.24) is 19.3 Å². The molecule has 0 spiro atoms. The summed E-state index contributed by atoms with van der Waals surface area (Å²) in [6.07, 6.45) is 3.60. The Labute approximate surface area is 296 Å². The molecule has 0 aliphatic rings. The summed E-state index contributed by atoms with van der Waals surface area (Å²) in [5.74, 6) is -1.78. The maximum Gasteiger partial charge on any atom is 0.328 e. The number of benzene rings is 2. The Morgan fingerprint density at radius 1 is 0.942 bits per heavy atom. The van der Waals surface area contributed by atoms with Crippen molar-refractivity contribution in [1.29, 1.82) is 0 Å². The fourth-order valence-corrected chi connectivity index (χ4v) is 4.82. The van der Waals surface area contributed by atoms with Crippen LogP contribution >= 0.6 is 0 Å². The second-order valence-corrected chi connectivity index (χ2v) is 11.2. The molecular formula is C36H36N6O10. The number of aliphatic carboxylic acids is 2. The number of nitrogens with two attached hydrogens (primary N) is 1. The van der Waals surface area contributed by atoms with E-state index in [4.69, 9.17) is 30.2 Å². The molecule has 0 bridgehead atoms. The van der Waals surface area contributed by atoms with Crippen molar-refractivity contribution in [3.8, 4) is 22.9 Å². The smallest absolute Gasteiger partial charge is 0.328 e. The van der Waals surface area contributed by atoms with Gasteiger partial charge in [-0.25, -0.2) is 19.3 Å². The second kappa shape index (κ2) is 17.2. The largest absolute Gasteiger partial charge is 0.497 e. The molecular weight excluding hydrogens is 676 g/mol. The number of pyridine rings is 2. The summed E-state index contributed by atoms with van der Waals surface area (Å²) in [6.45, 7) is 5.00. The van der Waals surface area contributed by atoms with Gasteiger partial charge in [-0.2, -0.15) is 0 Å². The number of nitrogens with zero attached hydrogens (tertiary/aromatic N) is 4. The van der Waals surface area contributed by atoms with Crippen molar-refractivity contribution < 1.29 is 43.6 Å². The van der Waals surface area contributed by atoms with Gasteiger partial charge >= 0.3 is 17.9 Å². The van der Waals surface area contributed by atoms with E-state index in [1.807, 2.05) is 24.3 Å². The summed E-state index contributed by atoms with van der Waals surface area (Å²) in [4.78, 5) is 67.0. The third-order valence-electron chi connectivity index (χ3n) is 7.23. The standard InChI is InChI=1S/C32H32N6O6.C4H4O4/c1-19(43-32(41)20(2)33)18-37-21(3)29(31(40)38(37)22-8-6-5-7-9-22)30(39)36-28-13-11-24(17-35-28)44-27-14-15-34-26-16-23(42-4)10-12-25(26)27;5-3(6)1-2-4(7)8/h5-17,19-20H,18,33H2,1-4H3,(H,35,36,39);1-2H,(H,5,6)(H,7,8). The van der Waals surface area contributed by atoms with Crippen LogP contribution in [-0.2, 0) is 25.7 Å². The zero-order valence-corrected chi connectivity index (χ0v) is 28.5. The predicted octanol–water partition coefficient (Wildman–Crippen LogP) is 3.93. The van der Waals surface area contributed by atoms with Gasteiger partial charge in [-0.1, -0.05) is 18.2 Å². The minimum absolute atomic E-state index is 0.0691. The van der Waals surface area contributed by atoms with Gasteiger partial charge in [0.2, 0.25) is 0 Å². The number of carboxylic acids is 2. The first kappa shape index (κ1) is 38.0. The summed E-state index contributed by atoms with van der Waals surface area (Å²) in [5, 5.41) is 19.1. The summed E-state index contributed by atoms with van der Waals surface area (Å²) in [6, 6.07) is 18.6. The number of nitrogens with one attached hydrogen (secondary N) is 1. The Hall–Kier alpha value is -6.81. The summed E-state index contributed by atoms with van der Waals surface area (Å²) < 4.78 is 19.7. The van der Waals surface area contributed by atoms with Gasteiger partial charge in [-0.15, -0.1) is 0 Å². The van der Waals surface area contributed by atoms with Crippen molar-refractivity contribution >= 4 is 40.5 Å². The molecule has 2 atom stereocenters. The lowest BCUT2D eigenvalue weighted by Crippen LogP contribution is -2.34. The van der Waals surface area contributed by atoms with Crippen LogP contribution in [0.2, 0.25) is 0 Å². The number of para-hydroxylation sites is 1. The number of ether oxygens (including phenoxy) is 3. The van der Waals surface area contributed by atoms with Gasteiger partial charge < -0.3 is 35.5 Å². The van der Waals surface area contributed by atoms with Crippen LogP contribution in [0.1, 0.15) is 29.9 Å². The molecule has 16 heteroatoms. The minimum atomic E-state index is -1.26. The molecule has 1 amide bonds. The molecule has 5 aromatic rings. The molecule has 0 radical (unpaired) electrons. The van der Waals surface area contributed by atoms with Gasteiger partial charge in [0.15, 0.2) is 0 Å². The number of carboxylic acid groups (broad SMARTS) is 2. The van der Waals surface area contributed by atoms with E-state index in [2.05, 4.69) is 15.3 Å². The molecule has 16 nitrogen and oxygen atoms in total. The lowest BCUT2D eigenvalue weighted by atomic mass is 10.2. The van der Waals surface area contributed by atoms with E-state index in [0.717, 1.165) is 5.39 Å². The molecule has 5 N–H and O–H groups in total. The Balaban J connectivity index is 0.000000677. The molecule has 2 unspecified atom stereocenters. The number of fused-ring (bicyclic) bond motifs is 1. The van der Waals surface area contributed by atoms with E-state index in [9.17, 15) is 24.0 Å². The Bertz CT molecular complexity index is 2140. The van der Waals surface area contributed by atoms with E-state index in [-0.39, 0.29) is 17.9 Å². The van der Waals surface area contributed by atoms with E-state index >= 15 is 0 Å². The van der Waals surface area contributed by atoms with Crippen molar-refractivity contribution in [3.05, 3.63) is 113 Å². The predicted molar refractivity (Wildman–Crippen MR) is 189 cm³/mol. The van der Waals surface area contributed by atoms with E-state index < -0.39 is 41.5 Å². The van der Waals surface area contributed by atoms with Crippen LogP contribution in [0.3, 0.4) is 0 Å². The van der Waals surface area contributed by atoms with E-state index in [0.29, 0.717) is 46.3 Å². The first-order valence-electron chi connectivity index (χ1n) is 15.6. The maximum absolute atomic E-state index is 13.7. The minimum Gasteiger partial charge on any atom is -0.497 e. The van der Waals surface area contributed by atoms with E-state index in [1.54, 1.807) is 74.3 Å². The lowest BCUT2D eigenvalue weighted by Gasteiger charge is -2.19. The highest BCUT2D eigenvalue weighted by molar-refractivity contribution is 6.04. The number of amides is 1. The summed E-state index contributed by atoms with van der Waals surface area (Å²) in [7, 11) is 1.59. The molecule has 0 fully saturated rings. The summed E-state index contributed by atoms with van der Waals surface area (Å²) in [5.41, 5.74) is 6.69. The Kier molecular flexibility index (Phi) is 12.6. The highest BCUT2D eigenvalue weighted by Gasteiger charge is 2.26. The molecule has 0 saturated heterocycles. The van der Waals surface area contributed by atoms with Crippen LogP contribution in [0.4, 0.5) is 5.82 Å². The third-order valence-corrected chi connectivity index (χ3v) is 7.23. The number of hydrogen-bond acceptors (Lipinski definition) is 11. The summed E-state index contributed by atoms with van der Waals surface area (Å²) >= 11 is 0.